The van der Waals surface area contributed by atoms with Crippen molar-refractivity contribution < 1.29 is 19.1 Å². The van der Waals surface area contributed by atoms with Crippen molar-refractivity contribution in [2.75, 3.05) is 7.11 Å². The number of esters is 1. The highest BCUT2D eigenvalue weighted by Crippen LogP contribution is 2.30. The minimum Gasteiger partial charge on any atom is -0.493 e. The molecule has 0 aliphatic rings. The molecule has 4 rings (SSSR count). The Morgan fingerprint density at radius 3 is 2.76 bits per heavy atom. The molecule has 1 N–H and O–H groups in total. The first-order valence-electron chi connectivity index (χ1n) is 8.78. The molecule has 8 nitrogen and oxygen atoms in total. The number of fused-ring (bicyclic) bond motifs is 2. The Bertz CT molecular complexity index is 1350. The second-order valence-electron chi connectivity index (χ2n) is 6.43. The molecule has 1 aromatic carbocycles. The van der Waals surface area contributed by atoms with Gasteiger partial charge in [0.2, 0.25) is 5.88 Å². The lowest BCUT2D eigenvalue weighted by Crippen LogP contribution is -2.27. The van der Waals surface area contributed by atoms with Crippen LogP contribution in [0.3, 0.4) is 0 Å². The first-order valence-corrected chi connectivity index (χ1v) is 8.78. The summed E-state index contributed by atoms with van der Waals surface area (Å²) in [5.41, 5.74) is -0.509. The molecular weight excluding hydrogens is 376 g/mol. The number of hydrogen-bond acceptors (Lipinski definition) is 7. The summed E-state index contributed by atoms with van der Waals surface area (Å²) in [4.78, 5) is 42.3. The Hall–Kier alpha value is -3.94. The summed E-state index contributed by atoms with van der Waals surface area (Å²) >= 11 is 0. The van der Waals surface area contributed by atoms with Crippen LogP contribution >= 0.6 is 0 Å². The Morgan fingerprint density at radius 1 is 1.21 bits per heavy atom. The van der Waals surface area contributed by atoms with E-state index in [1.807, 2.05) is 0 Å². The zero-order valence-electron chi connectivity index (χ0n) is 15.4. The van der Waals surface area contributed by atoms with E-state index in [9.17, 15) is 19.5 Å². The number of nitrogens with zero attached hydrogens (tertiary/aromatic N) is 2. The first kappa shape index (κ1) is 18.4. The Balaban J connectivity index is 2.01. The molecule has 146 valence electrons. The molecule has 0 amide bonds. The number of carbonyl (C=O) groups is 1. The van der Waals surface area contributed by atoms with Crippen molar-refractivity contribution in [3.05, 3.63) is 86.6 Å². The summed E-state index contributed by atoms with van der Waals surface area (Å²) < 4.78 is 11.5. The van der Waals surface area contributed by atoms with Gasteiger partial charge in [-0.25, -0.2) is 0 Å². The minimum absolute atomic E-state index is 0.0548. The lowest BCUT2D eigenvalue weighted by molar-refractivity contribution is -0.140. The predicted octanol–water partition coefficient (Wildman–Crippen LogP) is 2.20. The number of methoxy groups -OCH3 is 1. The third kappa shape index (κ3) is 3.14. The zero-order valence-corrected chi connectivity index (χ0v) is 15.4. The van der Waals surface area contributed by atoms with Gasteiger partial charge in [0.1, 0.15) is 11.2 Å². The molecule has 4 aromatic rings. The molecule has 0 fully saturated rings. The number of aromatic nitrogens is 2. The molecular formula is C21H16N2O6. The van der Waals surface area contributed by atoms with Gasteiger partial charge in [-0.3, -0.25) is 18.8 Å². The van der Waals surface area contributed by atoms with Gasteiger partial charge in [-0.1, -0.05) is 18.2 Å². The SMILES string of the molecule is COC(=O)C[C@@H](c1coc2ccccc2c1=O)c1c(O)nc2ccccn2c1=O. The van der Waals surface area contributed by atoms with Crippen molar-refractivity contribution in [3.63, 3.8) is 0 Å². The fourth-order valence-corrected chi connectivity index (χ4v) is 3.35. The molecule has 0 bridgehead atoms. The Labute approximate surface area is 163 Å². The molecule has 0 spiro atoms. The predicted molar refractivity (Wildman–Crippen MR) is 104 cm³/mol. The average Bonchev–Trinajstić information content (AvgIpc) is 2.73. The number of aromatic hydroxyl groups is 1. The van der Waals surface area contributed by atoms with Gasteiger partial charge in [-0.15, -0.1) is 0 Å². The smallest absolute Gasteiger partial charge is 0.306 e. The molecule has 3 heterocycles. The quantitative estimate of drug-likeness (QED) is 0.530. The number of ether oxygens (including phenoxy) is 1. The summed E-state index contributed by atoms with van der Waals surface area (Å²) in [6.07, 6.45) is 2.35. The lowest BCUT2D eigenvalue weighted by Gasteiger charge is -2.17. The molecule has 0 saturated heterocycles. The van der Waals surface area contributed by atoms with Gasteiger partial charge < -0.3 is 14.3 Å². The van der Waals surface area contributed by atoms with Crippen molar-refractivity contribution in [3.8, 4) is 5.88 Å². The molecule has 8 heteroatoms. The first-order chi connectivity index (χ1) is 14.0. The highest BCUT2D eigenvalue weighted by atomic mass is 16.5. The standard InChI is InChI=1S/C21H16N2O6/c1-28-17(24)10-13(14-11-29-15-7-3-2-6-12(15)19(14)25)18-20(26)22-16-8-4-5-9-23(16)21(18)27/h2-9,11,13,26H,10H2,1H3/t13-/m0/s1. The van der Waals surface area contributed by atoms with Gasteiger partial charge in [0.15, 0.2) is 5.43 Å². The van der Waals surface area contributed by atoms with Crippen LogP contribution in [0.25, 0.3) is 16.6 Å². The van der Waals surface area contributed by atoms with Crippen molar-refractivity contribution in [2.24, 2.45) is 0 Å². The van der Waals surface area contributed by atoms with Crippen molar-refractivity contribution >= 4 is 22.6 Å². The van der Waals surface area contributed by atoms with Crippen LogP contribution in [-0.2, 0) is 9.53 Å². The largest absolute Gasteiger partial charge is 0.493 e. The molecule has 0 aliphatic heterocycles. The maximum Gasteiger partial charge on any atom is 0.306 e. The molecule has 29 heavy (non-hydrogen) atoms. The molecule has 3 aromatic heterocycles. The van der Waals surface area contributed by atoms with Crippen molar-refractivity contribution in [1.29, 1.82) is 0 Å². The van der Waals surface area contributed by atoms with Gasteiger partial charge in [-0.2, -0.15) is 4.98 Å². The maximum absolute atomic E-state index is 13.1. The number of benzene rings is 1. The minimum atomic E-state index is -1.10. The van der Waals surface area contributed by atoms with Crippen LogP contribution in [0.4, 0.5) is 0 Å². The number of para-hydroxylation sites is 1. The van der Waals surface area contributed by atoms with E-state index < -0.39 is 28.8 Å². The summed E-state index contributed by atoms with van der Waals surface area (Å²) in [7, 11) is 1.20. The molecule has 0 unspecified atom stereocenters. The van der Waals surface area contributed by atoms with Crippen LogP contribution in [0.5, 0.6) is 5.88 Å². The van der Waals surface area contributed by atoms with Crippen LogP contribution in [0.1, 0.15) is 23.5 Å². The van der Waals surface area contributed by atoms with E-state index in [4.69, 9.17) is 9.15 Å². The second-order valence-corrected chi connectivity index (χ2v) is 6.43. The van der Waals surface area contributed by atoms with Crippen LogP contribution in [0.2, 0.25) is 0 Å². The molecule has 0 radical (unpaired) electrons. The lowest BCUT2D eigenvalue weighted by atomic mass is 9.90. The van der Waals surface area contributed by atoms with E-state index in [0.29, 0.717) is 11.0 Å². The van der Waals surface area contributed by atoms with Crippen LogP contribution in [-0.4, -0.2) is 27.6 Å². The van der Waals surface area contributed by atoms with E-state index in [1.54, 1.807) is 42.5 Å². The number of pyridine rings is 1. The highest BCUT2D eigenvalue weighted by Gasteiger charge is 2.29. The topological polar surface area (TPSA) is 111 Å². The van der Waals surface area contributed by atoms with E-state index in [2.05, 4.69) is 4.98 Å². The monoisotopic (exact) mass is 392 g/mol. The number of rotatable bonds is 4. The molecule has 0 aliphatic carbocycles. The van der Waals surface area contributed by atoms with Crippen LogP contribution < -0.4 is 11.0 Å². The summed E-state index contributed by atoms with van der Waals surface area (Å²) in [5.74, 6) is -2.30. The fourth-order valence-electron chi connectivity index (χ4n) is 3.35. The average molecular weight is 392 g/mol. The zero-order chi connectivity index (χ0) is 20.5. The second kappa shape index (κ2) is 7.23. The molecule has 1 atom stereocenters. The normalized spacial score (nSPS) is 12.2. The molecule has 0 saturated carbocycles. The summed E-state index contributed by atoms with van der Waals surface area (Å²) in [5, 5.41) is 10.8. The highest BCUT2D eigenvalue weighted by molar-refractivity contribution is 5.77. The Morgan fingerprint density at radius 2 is 1.97 bits per heavy atom. The van der Waals surface area contributed by atoms with E-state index in [-0.39, 0.29) is 23.2 Å². The third-order valence-corrected chi connectivity index (χ3v) is 4.78. The van der Waals surface area contributed by atoms with Crippen LogP contribution in [0, 0.1) is 0 Å². The van der Waals surface area contributed by atoms with E-state index in [1.165, 1.54) is 24.0 Å². The van der Waals surface area contributed by atoms with Crippen molar-refractivity contribution in [1.82, 2.24) is 9.38 Å². The van der Waals surface area contributed by atoms with Gasteiger partial charge in [0.05, 0.1) is 30.7 Å². The van der Waals surface area contributed by atoms with Gasteiger partial charge in [0, 0.05) is 17.7 Å². The summed E-state index contributed by atoms with van der Waals surface area (Å²) in [6, 6.07) is 11.5. The fraction of sp³-hybridized carbons (Fsp3) is 0.143. The van der Waals surface area contributed by atoms with Crippen LogP contribution in [0.15, 0.2) is 68.9 Å². The van der Waals surface area contributed by atoms with Gasteiger partial charge >= 0.3 is 5.97 Å². The van der Waals surface area contributed by atoms with E-state index >= 15 is 0 Å². The van der Waals surface area contributed by atoms with Crippen molar-refractivity contribution in [2.45, 2.75) is 12.3 Å². The van der Waals surface area contributed by atoms with E-state index in [0.717, 1.165) is 0 Å². The Kier molecular flexibility index (Phi) is 4.59. The number of hydrogen-bond donors (Lipinski definition) is 1. The maximum atomic E-state index is 13.1. The number of carbonyl (C=O) groups excluding carboxylic acids is 1. The van der Waals surface area contributed by atoms with Gasteiger partial charge in [-0.05, 0) is 24.3 Å². The third-order valence-electron chi connectivity index (χ3n) is 4.78. The summed E-state index contributed by atoms with van der Waals surface area (Å²) in [6.45, 7) is 0. The van der Waals surface area contributed by atoms with Gasteiger partial charge in [0.25, 0.3) is 5.56 Å².